The lowest BCUT2D eigenvalue weighted by Gasteiger charge is -2.12. The molecule has 0 saturated heterocycles. The van der Waals surface area contributed by atoms with Crippen LogP contribution in [-0.2, 0) is 10.0 Å². The van der Waals surface area contributed by atoms with E-state index in [2.05, 4.69) is 10.0 Å². The van der Waals surface area contributed by atoms with E-state index in [9.17, 15) is 13.2 Å². The van der Waals surface area contributed by atoms with Gasteiger partial charge in [0.15, 0.2) is 0 Å². The number of carbonyl (C=O) groups excluding carboxylic acids is 1. The summed E-state index contributed by atoms with van der Waals surface area (Å²) in [6.07, 6.45) is 0. The number of amides is 1. The molecule has 0 atom stereocenters. The average molecular weight is 401 g/mol. The van der Waals surface area contributed by atoms with Gasteiger partial charge in [0.2, 0.25) is 0 Å². The van der Waals surface area contributed by atoms with Crippen LogP contribution in [0.5, 0.6) is 0 Å². The van der Waals surface area contributed by atoms with Gasteiger partial charge in [0.1, 0.15) is 0 Å². The first-order chi connectivity index (χ1) is 12.8. The zero-order valence-electron chi connectivity index (χ0n) is 14.4. The van der Waals surface area contributed by atoms with Gasteiger partial charge in [-0.25, -0.2) is 8.42 Å². The second-order valence-electron chi connectivity index (χ2n) is 5.91. The summed E-state index contributed by atoms with van der Waals surface area (Å²) in [6, 6.07) is 19.8. The molecule has 3 rings (SSSR count). The van der Waals surface area contributed by atoms with Crippen LogP contribution >= 0.6 is 11.6 Å². The highest BCUT2D eigenvalue weighted by Gasteiger charge is 2.16. The summed E-state index contributed by atoms with van der Waals surface area (Å²) in [6.45, 7) is 1.74. The van der Waals surface area contributed by atoms with Crippen molar-refractivity contribution in [2.24, 2.45) is 0 Å². The van der Waals surface area contributed by atoms with Crippen LogP contribution in [0, 0.1) is 6.92 Å². The van der Waals surface area contributed by atoms with Gasteiger partial charge >= 0.3 is 0 Å². The van der Waals surface area contributed by atoms with Gasteiger partial charge in [-0.15, -0.1) is 0 Å². The third-order valence-electron chi connectivity index (χ3n) is 3.87. The highest BCUT2D eigenvalue weighted by Crippen LogP contribution is 2.23. The summed E-state index contributed by atoms with van der Waals surface area (Å²) in [5, 5.41) is 3.23. The van der Waals surface area contributed by atoms with Crippen molar-refractivity contribution in [2.75, 3.05) is 10.0 Å². The fraction of sp³-hybridized carbons (Fsp3) is 0.0500. The molecule has 2 N–H and O–H groups in total. The van der Waals surface area contributed by atoms with Crippen molar-refractivity contribution in [3.05, 3.63) is 88.9 Å². The molecule has 0 unspecified atom stereocenters. The van der Waals surface area contributed by atoms with Gasteiger partial charge in [-0.3, -0.25) is 9.52 Å². The number of benzene rings is 3. The summed E-state index contributed by atoms with van der Waals surface area (Å²) in [5.41, 5.74) is 2.08. The molecule has 1 amide bonds. The van der Waals surface area contributed by atoms with Crippen LogP contribution in [0.25, 0.3) is 0 Å². The maximum Gasteiger partial charge on any atom is 0.261 e. The normalized spacial score (nSPS) is 11.0. The Morgan fingerprint density at radius 1 is 0.926 bits per heavy atom. The van der Waals surface area contributed by atoms with Crippen molar-refractivity contribution in [1.82, 2.24) is 0 Å². The maximum absolute atomic E-state index is 12.6. The Kier molecular flexibility index (Phi) is 5.48. The van der Waals surface area contributed by atoms with E-state index in [1.165, 1.54) is 18.2 Å². The zero-order valence-corrected chi connectivity index (χ0v) is 16.0. The largest absolute Gasteiger partial charge is 0.322 e. The van der Waals surface area contributed by atoms with Gasteiger partial charge in [-0.2, -0.15) is 0 Å². The van der Waals surface area contributed by atoms with E-state index < -0.39 is 10.0 Å². The lowest BCUT2D eigenvalue weighted by Crippen LogP contribution is -2.15. The van der Waals surface area contributed by atoms with E-state index in [0.717, 1.165) is 0 Å². The molecule has 0 heterocycles. The lowest BCUT2D eigenvalue weighted by atomic mass is 10.1. The molecule has 0 radical (unpaired) electrons. The second kappa shape index (κ2) is 7.82. The minimum Gasteiger partial charge on any atom is -0.322 e. The Balaban J connectivity index is 1.80. The Bertz CT molecular complexity index is 1080. The topological polar surface area (TPSA) is 75.3 Å². The summed E-state index contributed by atoms with van der Waals surface area (Å²) >= 11 is 5.89. The fourth-order valence-electron chi connectivity index (χ4n) is 2.49. The number of sulfonamides is 1. The molecule has 0 aliphatic rings. The monoisotopic (exact) mass is 400 g/mol. The summed E-state index contributed by atoms with van der Waals surface area (Å²) < 4.78 is 27.6. The quantitative estimate of drug-likeness (QED) is 0.651. The molecule has 5 nitrogen and oxygen atoms in total. The maximum atomic E-state index is 12.6. The third kappa shape index (κ3) is 4.67. The molecule has 0 bridgehead atoms. The summed E-state index contributed by atoms with van der Waals surface area (Å²) in [4.78, 5) is 12.4. The number of nitrogens with one attached hydrogen (secondary N) is 2. The van der Waals surface area contributed by atoms with Crippen molar-refractivity contribution in [1.29, 1.82) is 0 Å². The van der Waals surface area contributed by atoms with Crippen LogP contribution < -0.4 is 10.0 Å². The van der Waals surface area contributed by atoms with E-state index in [0.29, 0.717) is 27.5 Å². The molecule has 0 aliphatic heterocycles. The summed E-state index contributed by atoms with van der Waals surface area (Å²) in [5.74, 6) is -0.258. The Labute approximate surface area is 163 Å². The first kappa shape index (κ1) is 18.9. The molecule has 0 fully saturated rings. The number of hydrogen-bond acceptors (Lipinski definition) is 3. The first-order valence-corrected chi connectivity index (χ1v) is 9.97. The predicted octanol–water partition coefficient (Wildman–Crippen LogP) is 4.70. The number of hydrogen-bond donors (Lipinski definition) is 2. The molecule has 0 aliphatic carbocycles. The van der Waals surface area contributed by atoms with E-state index in [1.807, 2.05) is 6.07 Å². The Morgan fingerprint density at radius 2 is 1.67 bits per heavy atom. The van der Waals surface area contributed by atoms with Gasteiger partial charge in [-0.05, 0) is 61.0 Å². The molecule has 7 heteroatoms. The summed E-state index contributed by atoms with van der Waals surface area (Å²) in [7, 11) is -3.77. The number of rotatable bonds is 5. The number of anilines is 2. The fourth-order valence-corrected chi connectivity index (χ4v) is 3.82. The number of halogens is 1. The van der Waals surface area contributed by atoms with Gasteiger partial charge in [0.05, 0.1) is 10.6 Å². The van der Waals surface area contributed by atoms with Crippen molar-refractivity contribution >= 4 is 38.9 Å². The highest BCUT2D eigenvalue weighted by atomic mass is 35.5. The Morgan fingerprint density at radius 3 is 2.33 bits per heavy atom. The third-order valence-corrected chi connectivity index (χ3v) is 5.48. The van der Waals surface area contributed by atoms with Crippen LogP contribution in [0.3, 0.4) is 0 Å². The smallest absolute Gasteiger partial charge is 0.261 e. The van der Waals surface area contributed by atoms with Crippen LogP contribution in [-0.4, -0.2) is 14.3 Å². The van der Waals surface area contributed by atoms with E-state index in [1.54, 1.807) is 55.5 Å². The minimum atomic E-state index is -3.77. The minimum absolute atomic E-state index is 0.0951. The predicted molar refractivity (Wildman–Crippen MR) is 108 cm³/mol. The average Bonchev–Trinajstić information content (AvgIpc) is 2.63. The number of aryl methyl sites for hydroxylation is 1. The van der Waals surface area contributed by atoms with Crippen molar-refractivity contribution in [3.63, 3.8) is 0 Å². The standard InChI is InChI=1S/C20H17ClN2O3S/c1-14-12-18(27(25,26)23-17-9-5-8-16(21)13-17)10-11-19(14)22-20(24)15-6-3-2-4-7-15/h2-13,23H,1H3,(H,22,24). The molecule has 138 valence electrons. The van der Waals surface area contributed by atoms with Crippen molar-refractivity contribution < 1.29 is 13.2 Å². The van der Waals surface area contributed by atoms with Gasteiger partial charge in [-0.1, -0.05) is 35.9 Å². The molecular formula is C20H17ClN2O3S. The second-order valence-corrected chi connectivity index (χ2v) is 8.03. The van der Waals surface area contributed by atoms with Gasteiger partial charge in [0, 0.05) is 16.3 Å². The van der Waals surface area contributed by atoms with Crippen molar-refractivity contribution in [3.8, 4) is 0 Å². The van der Waals surface area contributed by atoms with Crippen LogP contribution in [0.2, 0.25) is 5.02 Å². The zero-order chi connectivity index (χ0) is 19.4. The molecule has 3 aromatic carbocycles. The van der Waals surface area contributed by atoms with Crippen LogP contribution in [0.4, 0.5) is 11.4 Å². The molecule has 0 saturated carbocycles. The molecule has 0 spiro atoms. The molecule has 27 heavy (non-hydrogen) atoms. The van der Waals surface area contributed by atoms with E-state index >= 15 is 0 Å². The lowest BCUT2D eigenvalue weighted by molar-refractivity contribution is 0.102. The Hall–Kier alpha value is -2.83. The highest BCUT2D eigenvalue weighted by molar-refractivity contribution is 7.92. The molecule has 0 aromatic heterocycles. The van der Waals surface area contributed by atoms with Gasteiger partial charge in [0.25, 0.3) is 15.9 Å². The SMILES string of the molecule is Cc1cc(S(=O)(=O)Nc2cccc(Cl)c2)ccc1NC(=O)c1ccccc1. The van der Waals surface area contributed by atoms with Gasteiger partial charge < -0.3 is 5.32 Å². The molecule has 3 aromatic rings. The molecular weight excluding hydrogens is 384 g/mol. The van der Waals surface area contributed by atoms with Crippen molar-refractivity contribution in [2.45, 2.75) is 11.8 Å². The first-order valence-electron chi connectivity index (χ1n) is 8.10. The van der Waals surface area contributed by atoms with Crippen LogP contribution in [0.1, 0.15) is 15.9 Å². The van der Waals surface area contributed by atoms with E-state index in [4.69, 9.17) is 11.6 Å². The van der Waals surface area contributed by atoms with Crippen LogP contribution in [0.15, 0.2) is 77.7 Å². The number of carbonyl (C=O) groups is 1. The van der Waals surface area contributed by atoms with E-state index in [-0.39, 0.29) is 10.8 Å².